The maximum Gasteiger partial charge on any atom is 0.0996 e. The van der Waals surface area contributed by atoms with Crippen molar-refractivity contribution in [1.29, 1.82) is 0 Å². The van der Waals surface area contributed by atoms with Crippen LogP contribution in [0.15, 0.2) is 29.3 Å². The van der Waals surface area contributed by atoms with E-state index in [9.17, 15) is 0 Å². The highest BCUT2D eigenvalue weighted by Crippen LogP contribution is 2.15. The topological polar surface area (TPSA) is 38.4 Å². The number of benzene rings is 1. The first-order valence-corrected chi connectivity index (χ1v) is 6.18. The molecule has 16 heavy (non-hydrogen) atoms. The summed E-state index contributed by atoms with van der Waals surface area (Å²) >= 11 is 0. The fourth-order valence-corrected chi connectivity index (χ4v) is 1.60. The highest BCUT2D eigenvalue weighted by atomic mass is 14.8. The standard InChI is InChI=1S/C14H22N2/c1-3-5-7-12-8-10-13(11-9-12)16-14(15)6-4-2/h8-11H,3-7H2,1-2H3,(H2,15,16). The minimum atomic E-state index is 0.726. The number of amidine groups is 1. The van der Waals surface area contributed by atoms with Gasteiger partial charge in [-0.3, -0.25) is 0 Å². The van der Waals surface area contributed by atoms with Gasteiger partial charge in [-0.15, -0.1) is 0 Å². The molecule has 0 saturated carbocycles. The Morgan fingerprint density at radius 3 is 2.38 bits per heavy atom. The van der Waals surface area contributed by atoms with Gasteiger partial charge >= 0.3 is 0 Å². The summed E-state index contributed by atoms with van der Waals surface area (Å²) in [5.41, 5.74) is 8.13. The molecule has 1 aromatic carbocycles. The Bertz CT molecular complexity index is 325. The molecule has 88 valence electrons. The van der Waals surface area contributed by atoms with Crippen molar-refractivity contribution < 1.29 is 0 Å². The Balaban J connectivity index is 2.60. The van der Waals surface area contributed by atoms with E-state index in [1.54, 1.807) is 0 Å². The normalized spacial score (nSPS) is 11.8. The Labute approximate surface area is 98.6 Å². The van der Waals surface area contributed by atoms with Crippen LogP contribution >= 0.6 is 0 Å². The molecule has 2 heteroatoms. The lowest BCUT2D eigenvalue weighted by molar-refractivity contribution is 0.795. The van der Waals surface area contributed by atoms with Crippen molar-refractivity contribution in [3.8, 4) is 0 Å². The molecule has 0 spiro atoms. The fraction of sp³-hybridized carbons (Fsp3) is 0.500. The Morgan fingerprint density at radius 2 is 1.81 bits per heavy atom. The molecule has 0 atom stereocenters. The highest BCUT2D eigenvalue weighted by molar-refractivity contribution is 5.82. The Morgan fingerprint density at radius 1 is 1.12 bits per heavy atom. The van der Waals surface area contributed by atoms with Gasteiger partial charge in [0.25, 0.3) is 0 Å². The third-order valence-corrected chi connectivity index (χ3v) is 2.53. The van der Waals surface area contributed by atoms with Crippen LogP contribution in [0.25, 0.3) is 0 Å². The molecule has 1 aromatic rings. The van der Waals surface area contributed by atoms with Gasteiger partial charge in [-0.2, -0.15) is 0 Å². The van der Waals surface area contributed by atoms with Gasteiger partial charge in [-0.25, -0.2) is 4.99 Å². The second kappa shape index (κ2) is 7.04. The Hall–Kier alpha value is -1.31. The van der Waals surface area contributed by atoms with Crippen molar-refractivity contribution in [2.24, 2.45) is 10.7 Å². The van der Waals surface area contributed by atoms with Crippen LogP contribution in [0.3, 0.4) is 0 Å². The zero-order chi connectivity index (χ0) is 11.8. The number of aliphatic imine (C=N–C) groups is 1. The number of hydrogen-bond donors (Lipinski definition) is 1. The number of rotatable bonds is 6. The molecule has 2 N–H and O–H groups in total. The van der Waals surface area contributed by atoms with Crippen LogP contribution in [0.1, 0.15) is 45.1 Å². The van der Waals surface area contributed by atoms with Crippen LogP contribution in [0.2, 0.25) is 0 Å². The zero-order valence-corrected chi connectivity index (χ0v) is 10.4. The molecule has 0 bridgehead atoms. The number of unbranched alkanes of at least 4 members (excludes halogenated alkanes) is 1. The van der Waals surface area contributed by atoms with Crippen LogP contribution < -0.4 is 5.73 Å². The van der Waals surface area contributed by atoms with Gasteiger partial charge in [0.1, 0.15) is 0 Å². The van der Waals surface area contributed by atoms with Crippen LogP contribution in [-0.2, 0) is 6.42 Å². The number of aryl methyl sites for hydroxylation is 1. The van der Waals surface area contributed by atoms with Crippen LogP contribution in [0.4, 0.5) is 5.69 Å². The summed E-state index contributed by atoms with van der Waals surface area (Å²) in [4.78, 5) is 4.36. The molecule has 2 nitrogen and oxygen atoms in total. The molecule has 0 fully saturated rings. The summed E-state index contributed by atoms with van der Waals surface area (Å²) in [6.07, 6.45) is 5.57. The minimum absolute atomic E-state index is 0.726. The predicted octanol–water partition coefficient (Wildman–Crippen LogP) is 3.82. The van der Waals surface area contributed by atoms with Gasteiger partial charge < -0.3 is 5.73 Å². The van der Waals surface area contributed by atoms with E-state index in [2.05, 4.69) is 31.0 Å². The number of hydrogen-bond acceptors (Lipinski definition) is 1. The molecule has 0 aliphatic carbocycles. The van der Waals surface area contributed by atoms with Gasteiger partial charge in [0, 0.05) is 6.42 Å². The van der Waals surface area contributed by atoms with Crippen LogP contribution in [0.5, 0.6) is 0 Å². The highest BCUT2D eigenvalue weighted by Gasteiger charge is 1.95. The minimum Gasteiger partial charge on any atom is -0.387 e. The van der Waals surface area contributed by atoms with Gasteiger partial charge in [-0.05, 0) is 37.0 Å². The third kappa shape index (κ3) is 4.47. The van der Waals surface area contributed by atoms with E-state index in [4.69, 9.17) is 5.73 Å². The average molecular weight is 218 g/mol. The van der Waals surface area contributed by atoms with E-state index in [1.807, 2.05) is 12.1 Å². The summed E-state index contributed by atoms with van der Waals surface area (Å²) in [7, 11) is 0. The number of nitrogens with zero attached hydrogens (tertiary/aromatic N) is 1. The molecule has 0 heterocycles. The van der Waals surface area contributed by atoms with E-state index in [-0.39, 0.29) is 0 Å². The van der Waals surface area contributed by atoms with E-state index in [1.165, 1.54) is 18.4 Å². The maximum absolute atomic E-state index is 5.78. The molecule has 0 radical (unpaired) electrons. The molecule has 0 aliphatic heterocycles. The summed E-state index contributed by atoms with van der Waals surface area (Å²) in [5.74, 6) is 0.726. The molecule has 0 aromatic heterocycles. The fourth-order valence-electron chi connectivity index (χ4n) is 1.60. The second-order valence-electron chi connectivity index (χ2n) is 4.12. The van der Waals surface area contributed by atoms with E-state index in [0.29, 0.717) is 0 Å². The molecule has 0 saturated heterocycles. The molecule has 0 amide bonds. The zero-order valence-electron chi connectivity index (χ0n) is 10.4. The van der Waals surface area contributed by atoms with Gasteiger partial charge in [0.2, 0.25) is 0 Å². The quantitative estimate of drug-likeness (QED) is 0.572. The third-order valence-electron chi connectivity index (χ3n) is 2.53. The van der Waals surface area contributed by atoms with Crippen molar-refractivity contribution in [3.63, 3.8) is 0 Å². The second-order valence-corrected chi connectivity index (χ2v) is 4.12. The summed E-state index contributed by atoms with van der Waals surface area (Å²) < 4.78 is 0. The van der Waals surface area contributed by atoms with Crippen molar-refractivity contribution in [3.05, 3.63) is 29.8 Å². The van der Waals surface area contributed by atoms with Gasteiger partial charge in [0.15, 0.2) is 0 Å². The maximum atomic E-state index is 5.78. The van der Waals surface area contributed by atoms with Crippen molar-refractivity contribution in [1.82, 2.24) is 0 Å². The molecule has 0 unspecified atom stereocenters. The summed E-state index contributed by atoms with van der Waals surface area (Å²) in [6, 6.07) is 8.39. The SMILES string of the molecule is CCCCc1ccc(N=C(N)CCC)cc1. The van der Waals surface area contributed by atoms with Gasteiger partial charge in [-0.1, -0.05) is 32.4 Å². The summed E-state index contributed by atoms with van der Waals surface area (Å²) in [5, 5.41) is 0. The molecule has 1 rings (SSSR count). The predicted molar refractivity (Wildman–Crippen MR) is 71.2 cm³/mol. The largest absolute Gasteiger partial charge is 0.387 e. The molecule has 0 aliphatic rings. The van der Waals surface area contributed by atoms with E-state index >= 15 is 0 Å². The van der Waals surface area contributed by atoms with Crippen LogP contribution in [-0.4, -0.2) is 5.84 Å². The Kier molecular flexibility index (Phi) is 5.62. The number of nitrogens with two attached hydrogens (primary N) is 1. The van der Waals surface area contributed by atoms with Crippen molar-refractivity contribution in [2.75, 3.05) is 0 Å². The lowest BCUT2D eigenvalue weighted by Gasteiger charge is -2.01. The molecular formula is C14H22N2. The first-order valence-electron chi connectivity index (χ1n) is 6.18. The smallest absolute Gasteiger partial charge is 0.0996 e. The summed E-state index contributed by atoms with van der Waals surface area (Å²) in [6.45, 7) is 4.32. The first kappa shape index (κ1) is 12.8. The monoisotopic (exact) mass is 218 g/mol. The van der Waals surface area contributed by atoms with E-state index in [0.717, 1.165) is 30.8 Å². The lowest BCUT2D eigenvalue weighted by atomic mass is 10.1. The van der Waals surface area contributed by atoms with Crippen molar-refractivity contribution >= 4 is 11.5 Å². The average Bonchev–Trinajstić information content (AvgIpc) is 2.28. The lowest BCUT2D eigenvalue weighted by Crippen LogP contribution is -2.09. The van der Waals surface area contributed by atoms with Gasteiger partial charge in [0.05, 0.1) is 11.5 Å². The van der Waals surface area contributed by atoms with Crippen molar-refractivity contribution in [2.45, 2.75) is 46.0 Å². The molecular weight excluding hydrogens is 196 g/mol. The van der Waals surface area contributed by atoms with Crippen LogP contribution in [0, 0.1) is 0 Å². The first-order chi connectivity index (χ1) is 7.76. The van der Waals surface area contributed by atoms with E-state index < -0.39 is 0 Å².